The van der Waals surface area contributed by atoms with E-state index in [1.807, 2.05) is 19.2 Å². The van der Waals surface area contributed by atoms with E-state index in [9.17, 15) is 10.1 Å². The Hall–Kier alpha value is -1.35. The molecule has 4 nitrogen and oxygen atoms in total. The van der Waals surface area contributed by atoms with Crippen LogP contribution in [0.25, 0.3) is 0 Å². The minimum atomic E-state index is -2.33. The van der Waals surface area contributed by atoms with Crippen LogP contribution in [0.15, 0.2) is 30.3 Å². The third-order valence-corrected chi connectivity index (χ3v) is 6.23. The van der Waals surface area contributed by atoms with Crippen LogP contribution in [0.1, 0.15) is 5.56 Å². The first-order valence-electron chi connectivity index (χ1n) is 6.24. The third-order valence-electron chi connectivity index (χ3n) is 2.80. The van der Waals surface area contributed by atoms with E-state index in [-0.39, 0.29) is 0 Å². The smallest absolute Gasteiger partial charge is 0.273 e. The summed E-state index contributed by atoms with van der Waals surface area (Å²) in [6, 6.07) is 10.9. The summed E-state index contributed by atoms with van der Waals surface area (Å²) in [6.07, 6.45) is 0. The molecule has 1 atom stereocenters. The maximum absolute atomic E-state index is 12.5. The fourth-order valence-corrected chi connectivity index (χ4v) is 3.09. The highest BCUT2D eigenvalue weighted by Gasteiger charge is 2.47. The molecule has 108 valence electrons. The minimum Gasteiger partial charge on any atom is -0.388 e. The molecule has 0 N–H and O–H groups in total. The van der Waals surface area contributed by atoms with Gasteiger partial charge in [0.05, 0.1) is 0 Å². The number of carbonyl (C=O) groups excluding carboxylic acids is 1. The zero-order valence-corrected chi connectivity index (χ0v) is 13.9. The van der Waals surface area contributed by atoms with Crippen molar-refractivity contribution in [3.05, 3.63) is 35.9 Å². The molecule has 1 aromatic carbocycles. The Kier molecular flexibility index (Phi) is 5.34. The van der Waals surface area contributed by atoms with Gasteiger partial charge in [-0.15, -0.1) is 11.6 Å². The summed E-state index contributed by atoms with van der Waals surface area (Å²) in [5.41, 5.74) is -0.786. The van der Waals surface area contributed by atoms with Gasteiger partial charge in [-0.2, -0.15) is 5.26 Å². The van der Waals surface area contributed by atoms with Gasteiger partial charge in [-0.1, -0.05) is 30.3 Å². The van der Waals surface area contributed by atoms with Gasteiger partial charge in [0.2, 0.25) is 13.9 Å². The zero-order valence-electron chi connectivity index (χ0n) is 12.2. The van der Waals surface area contributed by atoms with Crippen molar-refractivity contribution in [2.24, 2.45) is 0 Å². The van der Waals surface area contributed by atoms with Gasteiger partial charge in [0.15, 0.2) is 0 Å². The second kappa shape index (κ2) is 6.40. The summed E-state index contributed by atoms with van der Waals surface area (Å²) in [7, 11) is 0.885. The minimum absolute atomic E-state index is 0.309. The highest BCUT2D eigenvalue weighted by molar-refractivity contribution is 6.77. The van der Waals surface area contributed by atoms with Crippen LogP contribution >= 0.6 is 11.6 Å². The summed E-state index contributed by atoms with van der Waals surface area (Å²) in [5.74, 6) is -0.392. The predicted molar refractivity (Wildman–Crippen MR) is 81.7 cm³/mol. The molecule has 6 heteroatoms. The largest absolute Gasteiger partial charge is 0.388 e. The molecule has 20 heavy (non-hydrogen) atoms. The van der Waals surface area contributed by atoms with Crippen molar-refractivity contribution in [1.29, 1.82) is 5.26 Å². The van der Waals surface area contributed by atoms with E-state index >= 15 is 0 Å². The van der Waals surface area contributed by atoms with Crippen molar-refractivity contribution in [2.45, 2.75) is 18.7 Å². The number of nitrogens with zero attached hydrogens (tertiary/aromatic N) is 2. The Labute approximate surface area is 126 Å². The lowest BCUT2D eigenvalue weighted by molar-refractivity contribution is -0.142. The van der Waals surface area contributed by atoms with E-state index in [2.05, 4.69) is 6.07 Å². The van der Waals surface area contributed by atoms with Gasteiger partial charge in [0.25, 0.3) is 5.91 Å². The average Bonchev–Trinajstić information content (AvgIpc) is 2.45. The molecular weight excluding hydrogens is 292 g/mol. The second-order valence-corrected chi connectivity index (χ2v) is 10.1. The van der Waals surface area contributed by atoms with Crippen LogP contribution in [0.4, 0.5) is 0 Å². The van der Waals surface area contributed by atoms with Gasteiger partial charge >= 0.3 is 0 Å². The Morgan fingerprint density at radius 3 is 2.35 bits per heavy atom. The fourth-order valence-electron chi connectivity index (χ4n) is 1.79. The number of alkyl halides is 1. The number of nitriles is 1. The van der Waals surface area contributed by atoms with Crippen LogP contribution in [0.3, 0.4) is 0 Å². The van der Waals surface area contributed by atoms with Crippen LogP contribution < -0.4 is 0 Å². The molecule has 1 amide bonds. The van der Waals surface area contributed by atoms with Gasteiger partial charge in [0.1, 0.15) is 6.07 Å². The molecular formula is C14H19ClN2O2Si. The molecule has 0 saturated carbocycles. The number of carbonyl (C=O) groups is 1. The van der Waals surface area contributed by atoms with Crippen molar-refractivity contribution in [3.63, 3.8) is 0 Å². The Bertz CT molecular complexity index is 514. The van der Waals surface area contributed by atoms with Crippen molar-refractivity contribution >= 4 is 25.8 Å². The lowest BCUT2D eigenvalue weighted by atomic mass is 9.94. The van der Waals surface area contributed by atoms with Gasteiger partial charge < -0.3 is 9.33 Å². The van der Waals surface area contributed by atoms with E-state index in [0.717, 1.165) is 0 Å². The fraction of sp³-hybridized carbons (Fsp3) is 0.429. The lowest BCUT2D eigenvalue weighted by Gasteiger charge is -2.35. The summed E-state index contributed by atoms with van der Waals surface area (Å²) < 4.78 is 5.99. The average molecular weight is 311 g/mol. The van der Waals surface area contributed by atoms with Gasteiger partial charge in [-0.05, 0) is 13.1 Å². The SMILES string of the molecule is CN(C)C(=O)C(C#N)(O[Si](C)(C)CCl)c1ccccc1. The standard InChI is InChI=1S/C14H19ClN2O2Si/c1-17(2)13(18)14(10-16,19-20(3,4)11-15)12-8-6-5-7-9-12/h5-9H,11H2,1-4H3. The molecule has 0 radical (unpaired) electrons. The van der Waals surface area contributed by atoms with Gasteiger partial charge in [-0.3, -0.25) is 4.79 Å². The summed E-state index contributed by atoms with van der Waals surface area (Å²) >= 11 is 5.93. The number of rotatable bonds is 5. The van der Waals surface area contributed by atoms with Crippen LogP contribution in [-0.2, 0) is 14.8 Å². The van der Waals surface area contributed by atoms with E-state index in [1.165, 1.54) is 4.90 Å². The monoisotopic (exact) mass is 310 g/mol. The quantitative estimate of drug-likeness (QED) is 0.620. The first-order valence-corrected chi connectivity index (χ1v) is 9.89. The highest BCUT2D eigenvalue weighted by atomic mass is 35.5. The molecule has 1 aromatic rings. The molecule has 1 unspecified atom stereocenters. The third kappa shape index (κ3) is 3.40. The summed E-state index contributed by atoms with van der Waals surface area (Å²) in [5, 5.41) is 9.66. The number of amides is 1. The van der Waals surface area contributed by atoms with Crippen molar-refractivity contribution < 1.29 is 9.22 Å². The molecule has 0 fully saturated rings. The number of hydrogen-bond acceptors (Lipinski definition) is 3. The van der Waals surface area contributed by atoms with Gasteiger partial charge in [-0.25, -0.2) is 0 Å². The second-order valence-electron chi connectivity index (χ2n) is 5.35. The molecule has 0 aliphatic carbocycles. The molecule has 0 heterocycles. The first kappa shape index (κ1) is 16.7. The number of likely N-dealkylation sites (N-methyl/N-ethyl adjacent to an activating group) is 1. The Morgan fingerprint density at radius 2 is 1.95 bits per heavy atom. The Balaban J connectivity index is 3.40. The van der Waals surface area contributed by atoms with E-state index in [0.29, 0.717) is 11.1 Å². The Morgan fingerprint density at radius 1 is 1.40 bits per heavy atom. The molecule has 0 bridgehead atoms. The first-order chi connectivity index (χ1) is 9.29. The maximum atomic E-state index is 12.5. The van der Waals surface area contributed by atoms with Crippen LogP contribution in [-0.4, -0.2) is 38.7 Å². The molecule has 0 aliphatic heterocycles. The van der Waals surface area contributed by atoms with Crippen LogP contribution in [0.2, 0.25) is 13.1 Å². The van der Waals surface area contributed by atoms with E-state index in [1.54, 1.807) is 38.4 Å². The molecule has 0 spiro atoms. The van der Waals surface area contributed by atoms with Gasteiger partial charge in [0, 0.05) is 25.2 Å². The number of benzene rings is 1. The molecule has 0 saturated heterocycles. The summed E-state index contributed by atoms with van der Waals surface area (Å²) in [4.78, 5) is 13.9. The van der Waals surface area contributed by atoms with E-state index in [4.69, 9.17) is 16.0 Å². The normalized spacial score (nSPS) is 14.2. The number of hydrogen-bond donors (Lipinski definition) is 0. The van der Waals surface area contributed by atoms with Crippen molar-refractivity contribution in [3.8, 4) is 6.07 Å². The lowest BCUT2D eigenvalue weighted by Crippen LogP contribution is -2.52. The highest BCUT2D eigenvalue weighted by Crippen LogP contribution is 2.31. The zero-order chi connectivity index (χ0) is 15.4. The summed E-state index contributed by atoms with van der Waals surface area (Å²) in [6.45, 7) is 3.77. The molecule has 1 rings (SSSR count). The molecule has 0 aliphatic rings. The predicted octanol–water partition coefficient (Wildman–Crippen LogP) is 2.49. The van der Waals surface area contributed by atoms with Crippen LogP contribution in [0.5, 0.6) is 0 Å². The van der Waals surface area contributed by atoms with Crippen molar-refractivity contribution in [1.82, 2.24) is 4.90 Å². The topological polar surface area (TPSA) is 53.3 Å². The maximum Gasteiger partial charge on any atom is 0.273 e. The number of halogens is 1. The van der Waals surface area contributed by atoms with Crippen LogP contribution in [0, 0.1) is 11.3 Å². The molecule has 0 aromatic heterocycles. The van der Waals surface area contributed by atoms with E-state index < -0.39 is 19.8 Å². The van der Waals surface area contributed by atoms with Crippen molar-refractivity contribution in [2.75, 3.05) is 19.6 Å².